The molecule has 78 valence electrons. The van der Waals surface area contributed by atoms with Gasteiger partial charge < -0.3 is 4.98 Å². The maximum absolute atomic E-state index is 11.3. The van der Waals surface area contributed by atoms with Gasteiger partial charge >= 0.3 is 0 Å². The summed E-state index contributed by atoms with van der Waals surface area (Å²) in [6, 6.07) is 1.52. The van der Waals surface area contributed by atoms with Crippen molar-refractivity contribution in [1.82, 2.24) is 15.0 Å². The molecule has 0 spiro atoms. The highest BCUT2D eigenvalue weighted by Gasteiger charge is 2.06. The van der Waals surface area contributed by atoms with Gasteiger partial charge in [0.25, 0.3) is 5.56 Å². The molecule has 0 fully saturated rings. The van der Waals surface area contributed by atoms with Crippen LogP contribution >= 0.6 is 11.3 Å². The average Bonchev–Trinajstić information content (AvgIpc) is 2.64. The van der Waals surface area contributed by atoms with Crippen molar-refractivity contribution < 1.29 is 0 Å². The van der Waals surface area contributed by atoms with E-state index in [2.05, 4.69) is 15.0 Å². The van der Waals surface area contributed by atoms with E-state index in [1.165, 1.54) is 17.4 Å². The molecule has 5 heteroatoms. The van der Waals surface area contributed by atoms with E-state index in [1.54, 1.807) is 0 Å². The number of thiazole rings is 1. The molecule has 2 aromatic heterocycles. The fraction of sp³-hybridized carbons (Fsp3) is 0.300. The number of hydrogen-bond acceptors (Lipinski definition) is 4. The fourth-order valence-electron chi connectivity index (χ4n) is 1.25. The van der Waals surface area contributed by atoms with Gasteiger partial charge in [0.05, 0.1) is 0 Å². The zero-order valence-corrected chi connectivity index (χ0v) is 9.39. The first kappa shape index (κ1) is 10.0. The second kappa shape index (κ2) is 3.94. The summed E-state index contributed by atoms with van der Waals surface area (Å²) in [5, 5.41) is 2.70. The SMILES string of the molecule is CCc1cc(=O)[nH]c(-c2nc(C)cs2)n1. The van der Waals surface area contributed by atoms with Crippen LogP contribution in [0.5, 0.6) is 0 Å². The van der Waals surface area contributed by atoms with Gasteiger partial charge in [-0.15, -0.1) is 11.3 Å². The Morgan fingerprint density at radius 3 is 2.87 bits per heavy atom. The molecule has 0 aliphatic carbocycles. The van der Waals surface area contributed by atoms with Crippen LogP contribution in [0, 0.1) is 6.92 Å². The predicted octanol–water partition coefficient (Wildman–Crippen LogP) is 1.76. The molecule has 0 radical (unpaired) electrons. The minimum absolute atomic E-state index is 0.121. The summed E-state index contributed by atoms with van der Waals surface area (Å²) >= 11 is 1.49. The van der Waals surface area contributed by atoms with Gasteiger partial charge in [-0.1, -0.05) is 6.92 Å². The summed E-state index contributed by atoms with van der Waals surface area (Å²) in [6.45, 7) is 3.89. The summed E-state index contributed by atoms with van der Waals surface area (Å²) in [4.78, 5) is 22.6. The van der Waals surface area contributed by atoms with Crippen LogP contribution in [0.1, 0.15) is 18.3 Å². The number of nitrogens with one attached hydrogen (secondary N) is 1. The lowest BCUT2D eigenvalue weighted by Crippen LogP contribution is -2.09. The van der Waals surface area contributed by atoms with Gasteiger partial charge in [-0.3, -0.25) is 4.79 Å². The van der Waals surface area contributed by atoms with Gasteiger partial charge in [0.2, 0.25) is 0 Å². The Hall–Kier alpha value is -1.49. The van der Waals surface area contributed by atoms with E-state index >= 15 is 0 Å². The third-order valence-corrected chi connectivity index (χ3v) is 2.95. The van der Waals surface area contributed by atoms with Crippen molar-refractivity contribution in [1.29, 1.82) is 0 Å². The van der Waals surface area contributed by atoms with E-state index in [0.717, 1.165) is 22.8 Å². The molecule has 2 rings (SSSR count). The first-order chi connectivity index (χ1) is 7.19. The molecule has 15 heavy (non-hydrogen) atoms. The van der Waals surface area contributed by atoms with E-state index in [0.29, 0.717) is 5.82 Å². The average molecular weight is 221 g/mol. The Morgan fingerprint density at radius 2 is 2.27 bits per heavy atom. The number of hydrogen-bond donors (Lipinski definition) is 1. The minimum atomic E-state index is -0.121. The number of nitrogens with zero attached hydrogens (tertiary/aromatic N) is 2. The molecule has 0 aliphatic rings. The zero-order chi connectivity index (χ0) is 10.8. The van der Waals surface area contributed by atoms with Crippen LogP contribution in [0.15, 0.2) is 16.2 Å². The number of rotatable bonds is 2. The van der Waals surface area contributed by atoms with Gasteiger partial charge in [-0.2, -0.15) is 0 Å². The summed E-state index contributed by atoms with van der Waals surface area (Å²) in [5.74, 6) is 0.567. The van der Waals surface area contributed by atoms with Gasteiger partial charge in [-0.25, -0.2) is 9.97 Å². The third-order valence-electron chi connectivity index (χ3n) is 1.98. The Bertz CT molecular complexity index is 529. The molecular formula is C10H11N3OS. The quantitative estimate of drug-likeness (QED) is 0.840. The van der Waals surface area contributed by atoms with Gasteiger partial charge in [-0.05, 0) is 13.3 Å². The summed E-state index contributed by atoms with van der Waals surface area (Å²) in [5.41, 5.74) is 1.62. The third kappa shape index (κ3) is 2.12. The number of aromatic nitrogens is 3. The first-order valence-corrected chi connectivity index (χ1v) is 5.59. The molecule has 2 aromatic rings. The molecule has 0 unspecified atom stereocenters. The topological polar surface area (TPSA) is 58.6 Å². The summed E-state index contributed by atoms with van der Waals surface area (Å²) in [7, 11) is 0. The predicted molar refractivity (Wildman–Crippen MR) is 60.1 cm³/mol. The number of aryl methyl sites for hydroxylation is 2. The summed E-state index contributed by atoms with van der Waals surface area (Å²) in [6.07, 6.45) is 0.751. The molecule has 0 aliphatic heterocycles. The van der Waals surface area contributed by atoms with E-state index in [9.17, 15) is 4.79 Å². The largest absolute Gasteiger partial charge is 0.304 e. The van der Waals surface area contributed by atoms with Crippen molar-refractivity contribution in [2.75, 3.05) is 0 Å². The van der Waals surface area contributed by atoms with Crippen LogP contribution in [0.25, 0.3) is 10.8 Å². The molecule has 0 saturated heterocycles. The van der Waals surface area contributed by atoms with Crippen molar-refractivity contribution in [2.45, 2.75) is 20.3 Å². The Balaban J connectivity index is 2.53. The molecule has 4 nitrogen and oxygen atoms in total. The molecule has 0 aromatic carbocycles. The van der Waals surface area contributed by atoms with Crippen molar-refractivity contribution in [2.24, 2.45) is 0 Å². The highest BCUT2D eigenvalue weighted by atomic mass is 32.1. The molecule has 0 saturated carbocycles. The maximum Gasteiger partial charge on any atom is 0.251 e. The van der Waals surface area contributed by atoms with E-state index < -0.39 is 0 Å². The Morgan fingerprint density at radius 1 is 1.47 bits per heavy atom. The van der Waals surface area contributed by atoms with Gasteiger partial charge in [0.1, 0.15) is 0 Å². The van der Waals surface area contributed by atoms with Crippen molar-refractivity contribution in [3.63, 3.8) is 0 Å². The van der Waals surface area contributed by atoms with Crippen LogP contribution in [0.2, 0.25) is 0 Å². The first-order valence-electron chi connectivity index (χ1n) is 4.72. The monoisotopic (exact) mass is 221 g/mol. The molecule has 0 bridgehead atoms. The molecular weight excluding hydrogens is 210 g/mol. The van der Waals surface area contributed by atoms with Gasteiger partial charge in [0.15, 0.2) is 10.8 Å². The fourth-order valence-corrected chi connectivity index (χ4v) is 1.99. The molecule has 0 atom stereocenters. The van der Waals surface area contributed by atoms with E-state index in [-0.39, 0.29) is 5.56 Å². The number of H-pyrrole nitrogens is 1. The normalized spacial score (nSPS) is 10.5. The second-order valence-corrected chi connectivity index (χ2v) is 4.09. The Labute approximate surface area is 91.0 Å². The zero-order valence-electron chi connectivity index (χ0n) is 8.57. The van der Waals surface area contributed by atoms with E-state index in [4.69, 9.17) is 0 Å². The standard InChI is InChI=1S/C10H11N3OS/c1-3-7-4-8(14)13-9(12-7)10-11-6(2)5-15-10/h4-5H,3H2,1-2H3,(H,12,13,14). The number of aromatic amines is 1. The van der Waals surface area contributed by atoms with Crippen LogP contribution in [0.3, 0.4) is 0 Å². The molecule has 2 heterocycles. The van der Waals surface area contributed by atoms with E-state index in [1.807, 2.05) is 19.2 Å². The summed E-state index contributed by atoms with van der Waals surface area (Å²) < 4.78 is 0. The second-order valence-electron chi connectivity index (χ2n) is 3.23. The molecule has 1 N–H and O–H groups in total. The highest BCUT2D eigenvalue weighted by Crippen LogP contribution is 2.18. The lowest BCUT2D eigenvalue weighted by Gasteiger charge is -1.98. The smallest absolute Gasteiger partial charge is 0.251 e. The minimum Gasteiger partial charge on any atom is -0.304 e. The van der Waals surface area contributed by atoms with Crippen LogP contribution in [-0.2, 0) is 6.42 Å². The van der Waals surface area contributed by atoms with Crippen molar-refractivity contribution in [3.05, 3.63) is 33.2 Å². The lowest BCUT2D eigenvalue weighted by molar-refractivity contribution is 0.983. The maximum atomic E-state index is 11.3. The highest BCUT2D eigenvalue weighted by molar-refractivity contribution is 7.13. The van der Waals surface area contributed by atoms with Crippen molar-refractivity contribution >= 4 is 11.3 Å². The molecule has 0 amide bonds. The van der Waals surface area contributed by atoms with Crippen molar-refractivity contribution in [3.8, 4) is 10.8 Å². The van der Waals surface area contributed by atoms with Crippen LogP contribution in [0.4, 0.5) is 0 Å². The van der Waals surface area contributed by atoms with Crippen LogP contribution in [-0.4, -0.2) is 15.0 Å². The van der Waals surface area contributed by atoms with Crippen LogP contribution < -0.4 is 5.56 Å². The van der Waals surface area contributed by atoms with Gasteiger partial charge in [0, 0.05) is 22.8 Å². The Kier molecular flexibility index (Phi) is 2.64. The lowest BCUT2D eigenvalue weighted by atomic mass is 10.3.